The number of carbonyl (C=O) groups excluding carboxylic acids is 1. The van der Waals surface area contributed by atoms with Crippen molar-refractivity contribution in [1.29, 1.82) is 0 Å². The van der Waals surface area contributed by atoms with Gasteiger partial charge in [0.2, 0.25) is 5.91 Å². The highest BCUT2D eigenvalue weighted by Crippen LogP contribution is 2.20. The van der Waals surface area contributed by atoms with Gasteiger partial charge >= 0.3 is 0 Å². The number of amides is 1. The zero-order valence-corrected chi connectivity index (χ0v) is 17.0. The molecule has 26 heavy (non-hydrogen) atoms. The molecule has 0 saturated heterocycles. The van der Waals surface area contributed by atoms with E-state index in [0.717, 1.165) is 18.4 Å². The van der Waals surface area contributed by atoms with Gasteiger partial charge in [-0.15, -0.1) is 11.3 Å². The summed E-state index contributed by atoms with van der Waals surface area (Å²) in [6.07, 6.45) is 2.33. The van der Waals surface area contributed by atoms with Gasteiger partial charge in [0, 0.05) is 11.7 Å². The lowest BCUT2D eigenvalue weighted by Gasteiger charge is -2.15. The Morgan fingerprint density at radius 1 is 1.08 bits per heavy atom. The summed E-state index contributed by atoms with van der Waals surface area (Å²) in [6.45, 7) is 6.36. The zero-order chi connectivity index (χ0) is 19.2. The molecule has 0 aliphatic heterocycles. The van der Waals surface area contributed by atoms with E-state index in [1.165, 1.54) is 11.3 Å². The number of sulfonamides is 1. The fraction of sp³-hybridized carbons (Fsp3) is 0.421. The van der Waals surface area contributed by atoms with Crippen LogP contribution in [0.25, 0.3) is 0 Å². The topological polar surface area (TPSA) is 75.3 Å². The van der Waals surface area contributed by atoms with E-state index in [0.29, 0.717) is 11.6 Å². The molecule has 2 N–H and O–H groups in total. The zero-order valence-electron chi connectivity index (χ0n) is 15.4. The fourth-order valence-electron chi connectivity index (χ4n) is 2.48. The molecule has 5 nitrogen and oxygen atoms in total. The molecule has 1 atom stereocenters. The number of carbonyl (C=O) groups is 1. The van der Waals surface area contributed by atoms with Crippen molar-refractivity contribution in [2.24, 2.45) is 5.92 Å². The van der Waals surface area contributed by atoms with E-state index in [9.17, 15) is 13.2 Å². The Bertz CT molecular complexity index is 798. The van der Waals surface area contributed by atoms with E-state index in [2.05, 4.69) is 23.9 Å². The highest BCUT2D eigenvalue weighted by molar-refractivity contribution is 7.94. The molecule has 142 valence electrons. The van der Waals surface area contributed by atoms with E-state index >= 15 is 0 Å². The minimum atomic E-state index is -3.55. The quantitative estimate of drug-likeness (QED) is 0.674. The average Bonchev–Trinajstić information content (AvgIpc) is 3.10. The van der Waals surface area contributed by atoms with Crippen LogP contribution >= 0.6 is 11.3 Å². The lowest BCUT2D eigenvalue weighted by molar-refractivity contribution is -0.121. The summed E-state index contributed by atoms with van der Waals surface area (Å²) >= 11 is 1.17. The van der Waals surface area contributed by atoms with Crippen LogP contribution in [0.2, 0.25) is 0 Å². The smallest absolute Gasteiger partial charge is 0.271 e. The Morgan fingerprint density at radius 2 is 1.77 bits per heavy atom. The Labute approximate surface area is 159 Å². The van der Waals surface area contributed by atoms with E-state index < -0.39 is 10.0 Å². The third kappa shape index (κ3) is 6.46. The van der Waals surface area contributed by atoms with Crippen LogP contribution in [0.5, 0.6) is 0 Å². The van der Waals surface area contributed by atoms with E-state index in [-0.39, 0.29) is 22.6 Å². The van der Waals surface area contributed by atoms with E-state index in [1.807, 2.05) is 6.92 Å². The first-order valence-corrected chi connectivity index (χ1v) is 11.1. The SMILES string of the molecule is CC(C)CC[C@@H](C)NC(=O)Cc1ccc(NS(=O)(=O)c2cccs2)cc1. The van der Waals surface area contributed by atoms with Crippen molar-refractivity contribution in [3.05, 3.63) is 47.3 Å². The Morgan fingerprint density at radius 3 is 2.35 bits per heavy atom. The summed E-state index contributed by atoms with van der Waals surface area (Å²) in [6, 6.07) is 10.3. The molecule has 1 aromatic heterocycles. The van der Waals surface area contributed by atoms with Gasteiger partial charge < -0.3 is 5.32 Å². The monoisotopic (exact) mass is 394 g/mol. The van der Waals surface area contributed by atoms with Crippen molar-refractivity contribution < 1.29 is 13.2 Å². The van der Waals surface area contributed by atoms with Crippen LogP contribution in [0.1, 0.15) is 39.2 Å². The van der Waals surface area contributed by atoms with Crippen LogP contribution < -0.4 is 10.0 Å². The summed E-state index contributed by atoms with van der Waals surface area (Å²) < 4.78 is 27.2. The minimum Gasteiger partial charge on any atom is -0.353 e. The van der Waals surface area contributed by atoms with Crippen LogP contribution in [0.3, 0.4) is 0 Å². The molecule has 7 heteroatoms. The first kappa shape index (κ1) is 20.5. The van der Waals surface area contributed by atoms with Crippen molar-refractivity contribution in [2.75, 3.05) is 4.72 Å². The third-order valence-corrected chi connectivity index (χ3v) is 6.69. The second kappa shape index (κ2) is 9.19. The highest BCUT2D eigenvalue weighted by atomic mass is 32.2. The van der Waals surface area contributed by atoms with Crippen LogP contribution in [0.15, 0.2) is 46.0 Å². The Kier molecular flexibility index (Phi) is 7.23. The van der Waals surface area contributed by atoms with Gasteiger partial charge in [-0.2, -0.15) is 0 Å². The molecule has 1 heterocycles. The molecule has 0 saturated carbocycles. The van der Waals surface area contributed by atoms with Gasteiger partial charge in [0.05, 0.1) is 6.42 Å². The molecule has 0 unspecified atom stereocenters. The molecule has 0 aliphatic carbocycles. The van der Waals surface area contributed by atoms with Crippen LogP contribution in [-0.4, -0.2) is 20.4 Å². The Hall–Kier alpha value is -1.86. The van der Waals surface area contributed by atoms with Gasteiger partial charge in [-0.1, -0.05) is 32.0 Å². The summed E-state index contributed by atoms with van der Waals surface area (Å²) in [7, 11) is -3.55. The highest BCUT2D eigenvalue weighted by Gasteiger charge is 2.15. The summed E-state index contributed by atoms with van der Waals surface area (Å²) in [5.41, 5.74) is 1.32. The van der Waals surface area contributed by atoms with E-state index in [4.69, 9.17) is 0 Å². The van der Waals surface area contributed by atoms with Crippen LogP contribution in [0, 0.1) is 5.92 Å². The van der Waals surface area contributed by atoms with Crippen molar-refractivity contribution in [3.8, 4) is 0 Å². The summed E-state index contributed by atoms with van der Waals surface area (Å²) in [5, 5.41) is 4.73. The van der Waals surface area contributed by atoms with Crippen molar-refractivity contribution >= 4 is 33.0 Å². The number of anilines is 1. The molecular formula is C19H26N2O3S2. The molecule has 0 bridgehead atoms. The molecule has 0 radical (unpaired) electrons. The first-order chi connectivity index (χ1) is 12.3. The molecule has 1 amide bonds. The fourth-order valence-corrected chi connectivity index (χ4v) is 4.53. The number of nitrogens with one attached hydrogen (secondary N) is 2. The number of rotatable bonds is 9. The van der Waals surface area contributed by atoms with Gasteiger partial charge in [-0.25, -0.2) is 8.42 Å². The maximum Gasteiger partial charge on any atom is 0.271 e. The second-order valence-electron chi connectivity index (χ2n) is 6.85. The molecule has 2 aromatic rings. The van der Waals surface area contributed by atoms with E-state index in [1.54, 1.807) is 41.8 Å². The van der Waals surface area contributed by atoms with Crippen molar-refractivity contribution in [3.63, 3.8) is 0 Å². The molecule has 0 spiro atoms. The molecule has 2 rings (SSSR count). The first-order valence-electron chi connectivity index (χ1n) is 8.71. The maximum atomic E-state index is 12.2. The summed E-state index contributed by atoms with van der Waals surface area (Å²) in [4.78, 5) is 12.1. The third-order valence-electron chi connectivity index (χ3n) is 3.92. The Balaban J connectivity index is 1.88. The second-order valence-corrected chi connectivity index (χ2v) is 9.71. The van der Waals surface area contributed by atoms with Crippen molar-refractivity contribution in [2.45, 2.75) is 50.3 Å². The number of thiophene rings is 1. The predicted octanol–water partition coefficient (Wildman–Crippen LogP) is 4.03. The molecule has 1 aromatic carbocycles. The lowest BCUT2D eigenvalue weighted by Crippen LogP contribution is -2.33. The average molecular weight is 395 g/mol. The standard InChI is InChI=1S/C19H26N2O3S2/c1-14(2)6-7-15(3)20-18(22)13-16-8-10-17(11-9-16)21-26(23,24)19-5-4-12-25-19/h4-5,8-12,14-15,21H,6-7,13H2,1-3H3,(H,20,22)/t15-/m1/s1. The number of hydrogen-bond donors (Lipinski definition) is 2. The predicted molar refractivity (Wildman–Crippen MR) is 107 cm³/mol. The normalized spacial score (nSPS) is 12.8. The van der Waals surface area contributed by atoms with Gasteiger partial charge in [-0.3, -0.25) is 9.52 Å². The van der Waals surface area contributed by atoms with Gasteiger partial charge in [0.25, 0.3) is 10.0 Å². The molecular weight excluding hydrogens is 368 g/mol. The summed E-state index contributed by atoms with van der Waals surface area (Å²) in [5.74, 6) is 0.605. The maximum absolute atomic E-state index is 12.2. The minimum absolute atomic E-state index is 0.0202. The lowest BCUT2D eigenvalue weighted by atomic mass is 10.0. The van der Waals surface area contributed by atoms with Gasteiger partial charge in [0.15, 0.2) is 0 Å². The van der Waals surface area contributed by atoms with Gasteiger partial charge in [0.1, 0.15) is 4.21 Å². The number of benzene rings is 1. The van der Waals surface area contributed by atoms with Crippen molar-refractivity contribution in [1.82, 2.24) is 5.32 Å². The molecule has 0 aliphatic rings. The number of hydrogen-bond acceptors (Lipinski definition) is 4. The largest absolute Gasteiger partial charge is 0.353 e. The van der Waals surface area contributed by atoms with Gasteiger partial charge in [-0.05, 0) is 54.8 Å². The van der Waals surface area contributed by atoms with Crippen LogP contribution in [-0.2, 0) is 21.2 Å². The van der Waals surface area contributed by atoms with Crippen LogP contribution in [0.4, 0.5) is 5.69 Å². The molecule has 0 fully saturated rings.